The van der Waals surface area contributed by atoms with Crippen LogP contribution in [0.5, 0.6) is 5.88 Å². The van der Waals surface area contributed by atoms with Crippen LogP contribution in [-0.4, -0.2) is 32.8 Å². The van der Waals surface area contributed by atoms with Crippen molar-refractivity contribution in [3.8, 4) is 5.88 Å². The normalized spacial score (nSPS) is 12.1. The smallest absolute Gasteiger partial charge is 0.319 e. The first-order valence-electron chi connectivity index (χ1n) is 7.43. The minimum absolute atomic E-state index is 0.420. The molecule has 0 bridgehead atoms. The van der Waals surface area contributed by atoms with Crippen molar-refractivity contribution in [2.45, 2.75) is 13.0 Å². The van der Waals surface area contributed by atoms with Crippen LogP contribution < -0.4 is 20.1 Å². The molecule has 0 saturated carbocycles. The van der Waals surface area contributed by atoms with Gasteiger partial charge in [0.2, 0.25) is 15.9 Å². The summed E-state index contributed by atoms with van der Waals surface area (Å²) >= 11 is 0. The van der Waals surface area contributed by atoms with Crippen molar-refractivity contribution < 1.29 is 17.9 Å². The van der Waals surface area contributed by atoms with Crippen molar-refractivity contribution in [3.63, 3.8) is 0 Å². The second kappa shape index (κ2) is 7.84. The number of urea groups is 1. The molecule has 1 heterocycles. The molecule has 0 saturated heterocycles. The van der Waals surface area contributed by atoms with Crippen molar-refractivity contribution in [2.75, 3.05) is 23.4 Å². The van der Waals surface area contributed by atoms with Crippen molar-refractivity contribution in [1.29, 1.82) is 0 Å². The number of benzene rings is 1. The van der Waals surface area contributed by atoms with Crippen LogP contribution in [0.15, 0.2) is 42.6 Å². The predicted octanol–water partition coefficient (Wildman–Crippen LogP) is 2.34. The number of para-hydroxylation sites is 1. The van der Waals surface area contributed by atoms with Gasteiger partial charge in [-0.05, 0) is 24.6 Å². The standard InChI is InChI=1S/C16H20N4O4S/c1-11(13-6-4-5-7-14(13)20-25(3,22)23)18-16(21)19-12-8-9-15(24-2)17-10-12/h4-11,20H,1-3H3,(H2,18,19,21). The highest BCUT2D eigenvalue weighted by molar-refractivity contribution is 7.92. The van der Waals surface area contributed by atoms with E-state index >= 15 is 0 Å². The van der Waals surface area contributed by atoms with E-state index in [-0.39, 0.29) is 0 Å². The lowest BCUT2D eigenvalue weighted by Crippen LogP contribution is -2.31. The molecule has 2 aromatic rings. The van der Waals surface area contributed by atoms with Gasteiger partial charge in [0.1, 0.15) is 0 Å². The SMILES string of the molecule is COc1ccc(NC(=O)NC(C)c2ccccc2NS(C)(=O)=O)cn1. The molecule has 1 unspecified atom stereocenters. The third-order valence-electron chi connectivity index (χ3n) is 3.27. The number of pyridine rings is 1. The van der Waals surface area contributed by atoms with Gasteiger partial charge in [0.15, 0.2) is 0 Å². The van der Waals surface area contributed by atoms with Crippen LogP contribution in [0.1, 0.15) is 18.5 Å². The summed E-state index contributed by atoms with van der Waals surface area (Å²) in [5, 5.41) is 5.41. The van der Waals surface area contributed by atoms with Gasteiger partial charge < -0.3 is 15.4 Å². The van der Waals surface area contributed by atoms with Gasteiger partial charge in [0.05, 0.1) is 37.0 Å². The fourth-order valence-corrected chi connectivity index (χ4v) is 2.77. The van der Waals surface area contributed by atoms with Crippen molar-refractivity contribution in [1.82, 2.24) is 10.3 Å². The van der Waals surface area contributed by atoms with E-state index in [1.54, 1.807) is 43.3 Å². The van der Waals surface area contributed by atoms with E-state index in [9.17, 15) is 13.2 Å². The van der Waals surface area contributed by atoms with Crippen molar-refractivity contribution in [3.05, 3.63) is 48.2 Å². The molecule has 1 aromatic heterocycles. The number of hydrogen-bond acceptors (Lipinski definition) is 5. The number of sulfonamides is 1. The molecule has 9 heteroatoms. The van der Waals surface area contributed by atoms with Gasteiger partial charge in [-0.2, -0.15) is 0 Å². The number of carbonyl (C=O) groups is 1. The maximum Gasteiger partial charge on any atom is 0.319 e. The van der Waals surface area contributed by atoms with E-state index < -0.39 is 22.1 Å². The Morgan fingerprint density at radius 3 is 2.52 bits per heavy atom. The minimum Gasteiger partial charge on any atom is -0.481 e. The fourth-order valence-electron chi connectivity index (χ4n) is 2.18. The van der Waals surface area contributed by atoms with Crippen LogP contribution in [-0.2, 0) is 10.0 Å². The largest absolute Gasteiger partial charge is 0.481 e. The molecule has 0 radical (unpaired) electrons. The first kappa shape index (κ1) is 18.5. The molecule has 1 atom stereocenters. The number of aromatic nitrogens is 1. The number of amides is 2. The highest BCUT2D eigenvalue weighted by atomic mass is 32.2. The van der Waals surface area contributed by atoms with E-state index in [4.69, 9.17) is 4.74 Å². The van der Waals surface area contributed by atoms with Crippen LogP contribution in [0.2, 0.25) is 0 Å². The van der Waals surface area contributed by atoms with Gasteiger partial charge in [-0.25, -0.2) is 18.2 Å². The van der Waals surface area contributed by atoms with Crippen LogP contribution in [0.4, 0.5) is 16.2 Å². The molecular formula is C16H20N4O4S. The number of nitrogens with one attached hydrogen (secondary N) is 3. The zero-order valence-corrected chi connectivity index (χ0v) is 14.9. The zero-order chi connectivity index (χ0) is 18.4. The third kappa shape index (κ3) is 5.64. The number of nitrogens with zero attached hydrogens (tertiary/aromatic N) is 1. The third-order valence-corrected chi connectivity index (χ3v) is 3.86. The highest BCUT2D eigenvalue weighted by Crippen LogP contribution is 2.23. The monoisotopic (exact) mass is 364 g/mol. The Morgan fingerprint density at radius 2 is 1.92 bits per heavy atom. The number of carbonyl (C=O) groups excluding carboxylic acids is 1. The molecule has 1 aromatic carbocycles. The summed E-state index contributed by atoms with van der Waals surface area (Å²) in [4.78, 5) is 16.1. The number of ether oxygens (including phenoxy) is 1. The molecule has 0 aliphatic rings. The number of hydrogen-bond donors (Lipinski definition) is 3. The lowest BCUT2D eigenvalue weighted by Gasteiger charge is -2.18. The molecule has 134 valence electrons. The maximum atomic E-state index is 12.1. The summed E-state index contributed by atoms with van der Waals surface area (Å²) in [6, 6.07) is 9.30. The minimum atomic E-state index is -3.42. The Morgan fingerprint density at radius 1 is 1.20 bits per heavy atom. The number of anilines is 2. The molecular weight excluding hydrogens is 344 g/mol. The van der Waals surface area contributed by atoms with E-state index in [1.807, 2.05) is 0 Å². The summed E-state index contributed by atoms with van der Waals surface area (Å²) in [6.07, 6.45) is 2.55. The Labute approximate surface area is 146 Å². The summed E-state index contributed by atoms with van der Waals surface area (Å²) in [7, 11) is -1.91. The fraction of sp³-hybridized carbons (Fsp3) is 0.250. The van der Waals surface area contributed by atoms with Gasteiger partial charge in [0, 0.05) is 6.07 Å². The second-order valence-electron chi connectivity index (χ2n) is 5.37. The van der Waals surface area contributed by atoms with Gasteiger partial charge in [0.25, 0.3) is 0 Å². The first-order chi connectivity index (χ1) is 11.8. The Hall–Kier alpha value is -2.81. The summed E-state index contributed by atoms with van der Waals surface area (Å²) in [5.41, 5.74) is 1.58. The molecule has 0 aliphatic heterocycles. The van der Waals surface area contributed by atoms with Crippen LogP contribution >= 0.6 is 0 Å². The molecule has 8 nitrogen and oxygen atoms in total. The molecule has 2 rings (SSSR count). The van der Waals surface area contributed by atoms with Gasteiger partial charge >= 0.3 is 6.03 Å². The van der Waals surface area contributed by atoms with Gasteiger partial charge in [-0.3, -0.25) is 4.72 Å². The van der Waals surface area contributed by atoms with Crippen LogP contribution in [0, 0.1) is 0 Å². The summed E-state index contributed by atoms with van der Waals surface area (Å²) < 4.78 is 30.3. The number of rotatable bonds is 6. The molecule has 0 aliphatic carbocycles. The number of methoxy groups -OCH3 is 1. The van der Waals surface area contributed by atoms with Crippen molar-refractivity contribution in [2.24, 2.45) is 0 Å². The molecule has 2 amide bonds. The van der Waals surface area contributed by atoms with E-state index in [2.05, 4.69) is 20.3 Å². The average molecular weight is 364 g/mol. The second-order valence-corrected chi connectivity index (χ2v) is 7.12. The summed E-state index contributed by atoms with van der Waals surface area (Å²) in [5.74, 6) is 0.445. The zero-order valence-electron chi connectivity index (χ0n) is 14.1. The Bertz CT molecular complexity index is 837. The maximum absolute atomic E-state index is 12.1. The topological polar surface area (TPSA) is 109 Å². The first-order valence-corrected chi connectivity index (χ1v) is 9.32. The van der Waals surface area contributed by atoms with Crippen LogP contribution in [0.25, 0.3) is 0 Å². The van der Waals surface area contributed by atoms with Gasteiger partial charge in [-0.1, -0.05) is 18.2 Å². The lowest BCUT2D eigenvalue weighted by atomic mass is 10.1. The van der Waals surface area contributed by atoms with Crippen LogP contribution in [0.3, 0.4) is 0 Å². The van der Waals surface area contributed by atoms with Gasteiger partial charge in [-0.15, -0.1) is 0 Å². The predicted molar refractivity (Wildman–Crippen MR) is 96.3 cm³/mol. The van der Waals surface area contributed by atoms with E-state index in [0.29, 0.717) is 22.8 Å². The average Bonchev–Trinajstić information content (AvgIpc) is 2.54. The molecule has 0 spiro atoms. The Balaban J connectivity index is 2.05. The molecule has 25 heavy (non-hydrogen) atoms. The molecule has 0 fully saturated rings. The lowest BCUT2D eigenvalue weighted by molar-refractivity contribution is 0.249. The van der Waals surface area contributed by atoms with E-state index in [0.717, 1.165) is 6.26 Å². The Kier molecular flexibility index (Phi) is 5.81. The molecule has 3 N–H and O–H groups in total. The quantitative estimate of drug-likeness (QED) is 0.729. The highest BCUT2D eigenvalue weighted by Gasteiger charge is 2.15. The van der Waals surface area contributed by atoms with E-state index in [1.165, 1.54) is 13.3 Å². The van der Waals surface area contributed by atoms with Crippen molar-refractivity contribution >= 4 is 27.4 Å². The summed E-state index contributed by atoms with van der Waals surface area (Å²) in [6.45, 7) is 1.76.